The SMILES string of the molecule is CCC1(C(=O)NCc2ccnc(Oc3ccc(F)cc3)c2)CCCN1.Cl.Cl. The van der Waals surface area contributed by atoms with Crippen molar-refractivity contribution in [2.24, 2.45) is 0 Å². The van der Waals surface area contributed by atoms with Crippen LogP contribution in [0.3, 0.4) is 0 Å². The van der Waals surface area contributed by atoms with Gasteiger partial charge in [-0.2, -0.15) is 0 Å². The van der Waals surface area contributed by atoms with E-state index >= 15 is 0 Å². The number of pyridine rings is 1. The Morgan fingerprint density at radius 3 is 2.67 bits per heavy atom. The molecular weight excluding hydrogens is 392 g/mol. The zero-order chi connectivity index (χ0) is 17.7. The van der Waals surface area contributed by atoms with Gasteiger partial charge < -0.3 is 15.4 Å². The molecule has 5 nitrogen and oxygen atoms in total. The highest BCUT2D eigenvalue weighted by atomic mass is 35.5. The van der Waals surface area contributed by atoms with Crippen molar-refractivity contribution in [1.82, 2.24) is 15.6 Å². The number of ether oxygens (including phenoxy) is 1. The van der Waals surface area contributed by atoms with Gasteiger partial charge in [0.2, 0.25) is 11.8 Å². The van der Waals surface area contributed by atoms with Gasteiger partial charge in [-0.05, 0) is 61.7 Å². The number of amides is 1. The third-order valence-corrected chi connectivity index (χ3v) is 4.57. The molecule has 1 aromatic carbocycles. The monoisotopic (exact) mass is 415 g/mol. The number of carbonyl (C=O) groups excluding carboxylic acids is 1. The maximum Gasteiger partial charge on any atom is 0.240 e. The van der Waals surface area contributed by atoms with E-state index in [-0.39, 0.29) is 36.5 Å². The van der Waals surface area contributed by atoms with E-state index in [1.54, 1.807) is 24.4 Å². The summed E-state index contributed by atoms with van der Waals surface area (Å²) in [4.78, 5) is 16.7. The van der Waals surface area contributed by atoms with Crippen molar-refractivity contribution in [1.29, 1.82) is 0 Å². The molecule has 8 heteroatoms. The van der Waals surface area contributed by atoms with E-state index < -0.39 is 5.54 Å². The molecule has 1 aliphatic heterocycles. The van der Waals surface area contributed by atoms with E-state index in [9.17, 15) is 9.18 Å². The highest BCUT2D eigenvalue weighted by molar-refractivity contribution is 5.86. The van der Waals surface area contributed by atoms with Gasteiger partial charge in [0.1, 0.15) is 11.6 Å². The van der Waals surface area contributed by atoms with Crippen molar-refractivity contribution in [3.8, 4) is 11.6 Å². The molecule has 1 atom stereocenters. The van der Waals surface area contributed by atoms with Crippen LogP contribution in [-0.2, 0) is 11.3 Å². The van der Waals surface area contributed by atoms with Gasteiger partial charge in [0, 0.05) is 18.8 Å². The number of benzene rings is 1. The van der Waals surface area contributed by atoms with Crippen LogP contribution in [0.4, 0.5) is 4.39 Å². The van der Waals surface area contributed by atoms with Crippen molar-refractivity contribution in [3.63, 3.8) is 0 Å². The van der Waals surface area contributed by atoms with Crippen molar-refractivity contribution in [2.45, 2.75) is 38.3 Å². The third-order valence-electron chi connectivity index (χ3n) is 4.57. The van der Waals surface area contributed by atoms with Crippen LogP contribution in [0.1, 0.15) is 31.7 Å². The summed E-state index contributed by atoms with van der Waals surface area (Å²) in [5.41, 5.74) is 0.449. The standard InChI is InChI=1S/C19H22FN3O2.2ClH/c1-2-19(9-3-10-23-19)18(24)22-13-14-8-11-21-17(12-14)25-16-6-4-15(20)5-7-16;;/h4-8,11-12,23H,2-3,9-10,13H2,1H3,(H,22,24);2*1H. The smallest absolute Gasteiger partial charge is 0.240 e. The molecule has 1 aliphatic rings. The predicted molar refractivity (Wildman–Crippen MR) is 107 cm³/mol. The maximum atomic E-state index is 12.9. The van der Waals surface area contributed by atoms with Crippen LogP contribution >= 0.6 is 24.8 Å². The maximum absolute atomic E-state index is 12.9. The van der Waals surface area contributed by atoms with Gasteiger partial charge in [-0.3, -0.25) is 4.79 Å². The van der Waals surface area contributed by atoms with E-state index in [0.717, 1.165) is 31.4 Å². The lowest BCUT2D eigenvalue weighted by atomic mass is 9.93. The second-order valence-electron chi connectivity index (χ2n) is 6.21. The molecule has 1 aromatic heterocycles. The van der Waals surface area contributed by atoms with Gasteiger partial charge in [-0.25, -0.2) is 9.37 Å². The van der Waals surface area contributed by atoms with E-state index in [1.165, 1.54) is 12.1 Å². The first-order chi connectivity index (χ1) is 12.1. The normalized spacial score (nSPS) is 18.1. The van der Waals surface area contributed by atoms with E-state index in [1.807, 2.05) is 13.0 Å². The van der Waals surface area contributed by atoms with Crippen LogP contribution in [0, 0.1) is 5.82 Å². The molecule has 1 fully saturated rings. The first-order valence-corrected chi connectivity index (χ1v) is 8.53. The second-order valence-corrected chi connectivity index (χ2v) is 6.21. The number of carbonyl (C=O) groups is 1. The van der Waals surface area contributed by atoms with E-state index in [0.29, 0.717) is 18.2 Å². The van der Waals surface area contributed by atoms with Crippen LogP contribution in [0.5, 0.6) is 11.6 Å². The van der Waals surface area contributed by atoms with Crippen LogP contribution < -0.4 is 15.4 Å². The third kappa shape index (κ3) is 5.79. The molecular formula is C19H24Cl2FN3O2. The molecule has 0 aliphatic carbocycles. The Labute approximate surface area is 170 Å². The van der Waals surface area contributed by atoms with Gasteiger partial charge >= 0.3 is 0 Å². The Hall–Kier alpha value is -1.89. The van der Waals surface area contributed by atoms with Gasteiger partial charge in [-0.15, -0.1) is 24.8 Å². The minimum Gasteiger partial charge on any atom is -0.439 e. The summed E-state index contributed by atoms with van der Waals surface area (Å²) in [5, 5.41) is 6.32. The largest absolute Gasteiger partial charge is 0.439 e. The number of aromatic nitrogens is 1. The Bertz CT molecular complexity index is 738. The van der Waals surface area contributed by atoms with Crippen LogP contribution in [0.2, 0.25) is 0 Å². The summed E-state index contributed by atoms with van der Waals surface area (Å²) in [7, 11) is 0. The number of hydrogen-bond donors (Lipinski definition) is 2. The molecule has 27 heavy (non-hydrogen) atoms. The van der Waals surface area contributed by atoms with Crippen LogP contribution in [0.25, 0.3) is 0 Å². The number of halogens is 3. The number of hydrogen-bond acceptors (Lipinski definition) is 4. The van der Waals surface area contributed by atoms with Crippen molar-refractivity contribution in [2.75, 3.05) is 6.54 Å². The Morgan fingerprint density at radius 2 is 2.04 bits per heavy atom. The van der Waals surface area contributed by atoms with Crippen molar-refractivity contribution >= 4 is 30.7 Å². The Morgan fingerprint density at radius 1 is 1.30 bits per heavy atom. The fraction of sp³-hybridized carbons (Fsp3) is 0.368. The average Bonchev–Trinajstić information content (AvgIpc) is 3.12. The first-order valence-electron chi connectivity index (χ1n) is 8.53. The molecule has 1 unspecified atom stereocenters. The molecule has 2 aromatic rings. The second kappa shape index (κ2) is 10.4. The average molecular weight is 416 g/mol. The molecule has 2 heterocycles. The predicted octanol–water partition coefficient (Wildman–Crippen LogP) is 4.01. The molecule has 148 valence electrons. The summed E-state index contributed by atoms with van der Waals surface area (Å²) in [6.07, 6.45) is 4.29. The molecule has 3 rings (SSSR count). The Kier molecular flexibility index (Phi) is 8.96. The number of nitrogens with zero attached hydrogens (tertiary/aromatic N) is 1. The lowest BCUT2D eigenvalue weighted by Gasteiger charge is -2.26. The van der Waals surface area contributed by atoms with E-state index in [4.69, 9.17) is 4.74 Å². The summed E-state index contributed by atoms with van der Waals surface area (Å²) in [6, 6.07) is 9.35. The van der Waals surface area contributed by atoms with Crippen molar-refractivity contribution in [3.05, 3.63) is 54.0 Å². The van der Waals surface area contributed by atoms with Crippen molar-refractivity contribution < 1.29 is 13.9 Å². The molecule has 0 spiro atoms. The van der Waals surface area contributed by atoms with Gasteiger partial charge in [0.05, 0.1) is 5.54 Å². The summed E-state index contributed by atoms with van der Waals surface area (Å²) in [5.74, 6) is 0.630. The van der Waals surface area contributed by atoms with Gasteiger partial charge in [0.25, 0.3) is 0 Å². The summed E-state index contributed by atoms with van der Waals surface area (Å²) >= 11 is 0. The lowest BCUT2D eigenvalue weighted by Crippen LogP contribution is -2.52. The molecule has 1 amide bonds. The van der Waals surface area contributed by atoms with Gasteiger partial charge in [-0.1, -0.05) is 6.92 Å². The van der Waals surface area contributed by atoms with Crippen LogP contribution in [-0.4, -0.2) is 23.0 Å². The van der Waals surface area contributed by atoms with Gasteiger partial charge in [0.15, 0.2) is 0 Å². The highest BCUT2D eigenvalue weighted by Gasteiger charge is 2.38. The fourth-order valence-electron chi connectivity index (χ4n) is 3.05. The topological polar surface area (TPSA) is 63.2 Å². The fourth-order valence-corrected chi connectivity index (χ4v) is 3.05. The number of nitrogens with one attached hydrogen (secondary N) is 2. The first kappa shape index (κ1) is 23.1. The summed E-state index contributed by atoms with van der Waals surface area (Å²) in [6.45, 7) is 3.32. The Balaban J connectivity index is 0.00000182. The molecule has 0 radical (unpaired) electrons. The zero-order valence-electron chi connectivity index (χ0n) is 15.0. The molecule has 0 bridgehead atoms. The highest BCUT2D eigenvalue weighted by Crippen LogP contribution is 2.24. The number of rotatable bonds is 6. The minimum absolute atomic E-state index is 0. The summed E-state index contributed by atoms with van der Waals surface area (Å²) < 4.78 is 18.6. The molecule has 1 saturated heterocycles. The molecule has 0 saturated carbocycles. The van der Waals surface area contributed by atoms with E-state index in [2.05, 4.69) is 15.6 Å². The zero-order valence-corrected chi connectivity index (χ0v) is 16.7. The molecule has 2 N–H and O–H groups in total. The van der Waals surface area contributed by atoms with Crippen LogP contribution in [0.15, 0.2) is 42.6 Å². The quantitative estimate of drug-likeness (QED) is 0.747. The lowest BCUT2D eigenvalue weighted by molar-refractivity contribution is -0.127. The minimum atomic E-state index is -0.444.